The highest BCUT2D eigenvalue weighted by Crippen LogP contribution is 2.33. The van der Waals surface area contributed by atoms with Crippen molar-refractivity contribution < 1.29 is 4.39 Å². The minimum absolute atomic E-state index is 0.139. The Kier molecular flexibility index (Phi) is 4.85. The molecule has 0 radical (unpaired) electrons. The van der Waals surface area contributed by atoms with Crippen molar-refractivity contribution in [1.82, 2.24) is 5.32 Å². The van der Waals surface area contributed by atoms with E-state index in [9.17, 15) is 4.39 Å². The Morgan fingerprint density at radius 1 is 1.11 bits per heavy atom. The lowest BCUT2D eigenvalue weighted by Crippen LogP contribution is -2.18. The van der Waals surface area contributed by atoms with Crippen LogP contribution >= 0.6 is 39.1 Å². The van der Waals surface area contributed by atoms with E-state index < -0.39 is 0 Å². The van der Waals surface area contributed by atoms with E-state index in [1.54, 1.807) is 18.2 Å². The van der Waals surface area contributed by atoms with Crippen molar-refractivity contribution in [2.45, 2.75) is 6.04 Å². The lowest BCUT2D eigenvalue weighted by molar-refractivity contribution is 0.621. The number of halogens is 4. The van der Waals surface area contributed by atoms with Crippen molar-refractivity contribution in [3.8, 4) is 0 Å². The summed E-state index contributed by atoms with van der Waals surface area (Å²) in [5.41, 5.74) is 1.80. The number of hydrogen-bond acceptors (Lipinski definition) is 1. The Bertz CT molecular complexity index is 552. The van der Waals surface area contributed by atoms with Crippen LogP contribution in [0.3, 0.4) is 0 Å². The topological polar surface area (TPSA) is 12.0 Å². The first kappa shape index (κ1) is 14.8. The first-order chi connectivity index (χ1) is 9.02. The molecule has 0 aromatic heterocycles. The molecular weight excluding hydrogens is 352 g/mol. The monoisotopic (exact) mass is 361 g/mol. The van der Waals surface area contributed by atoms with Crippen molar-refractivity contribution >= 4 is 39.1 Å². The normalized spacial score (nSPS) is 12.5. The third kappa shape index (κ3) is 3.29. The van der Waals surface area contributed by atoms with E-state index in [4.69, 9.17) is 23.2 Å². The van der Waals surface area contributed by atoms with E-state index in [-0.39, 0.29) is 11.9 Å². The zero-order valence-corrected chi connectivity index (χ0v) is 13.2. The highest BCUT2D eigenvalue weighted by molar-refractivity contribution is 9.10. The molecule has 1 unspecified atom stereocenters. The van der Waals surface area contributed by atoms with Gasteiger partial charge in [0.1, 0.15) is 5.82 Å². The smallest absolute Gasteiger partial charge is 0.124 e. The molecule has 0 fully saturated rings. The van der Waals surface area contributed by atoms with Crippen LogP contribution in [0.15, 0.2) is 40.9 Å². The summed E-state index contributed by atoms with van der Waals surface area (Å²) >= 11 is 15.5. The van der Waals surface area contributed by atoms with Crippen LogP contribution in [0.4, 0.5) is 4.39 Å². The molecule has 19 heavy (non-hydrogen) atoms. The fourth-order valence-electron chi connectivity index (χ4n) is 1.95. The molecule has 2 rings (SSSR count). The average Bonchev–Trinajstić information content (AvgIpc) is 2.34. The molecule has 0 saturated heterocycles. The van der Waals surface area contributed by atoms with Gasteiger partial charge in [0.15, 0.2) is 0 Å². The molecule has 0 amide bonds. The van der Waals surface area contributed by atoms with Gasteiger partial charge in [-0.1, -0.05) is 51.3 Å². The molecule has 0 bridgehead atoms. The molecule has 1 nitrogen and oxygen atoms in total. The van der Waals surface area contributed by atoms with Gasteiger partial charge in [-0.3, -0.25) is 0 Å². The highest BCUT2D eigenvalue weighted by atomic mass is 79.9. The van der Waals surface area contributed by atoms with Crippen LogP contribution in [0, 0.1) is 5.82 Å². The first-order valence-electron chi connectivity index (χ1n) is 5.60. The van der Waals surface area contributed by atoms with Gasteiger partial charge in [0.05, 0.1) is 6.04 Å². The highest BCUT2D eigenvalue weighted by Gasteiger charge is 2.18. The minimum Gasteiger partial charge on any atom is -0.309 e. The summed E-state index contributed by atoms with van der Waals surface area (Å²) in [4.78, 5) is 0. The van der Waals surface area contributed by atoms with Crippen LogP contribution in [0.1, 0.15) is 17.2 Å². The average molecular weight is 363 g/mol. The van der Waals surface area contributed by atoms with E-state index in [1.807, 2.05) is 13.1 Å². The summed E-state index contributed by atoms with van der Waals surface area (Å²) in [5.74, 6) is -0.285. The molecule has 0 aliphatic heterocycles. The van der Waals surface area contributed by atoms with Crippen molar-refractivity contribution in [2.75, 3.05) is 7.05 Å². The minimum atomic E-state index is -0.285. The van der Waals surface area contributed by atoms with Crippen LogP contribution in [0.5, 0.6) is 0 Å². The molecule has 2 aromatic rings. The Morgan fingerprint density at radius 3 is 2.37 bits per heavy atom. The van der Waals surface area contributed by atoms with E-state index in [0.29, 0.717) is 14.5 Å². The fourth-order valence-corrected chi connectivity index (χ4v) is 3.05. The van der Waals surface area contributed by atoms with E-state index in [2.05, 4.69) is 21.2 Å². The zero-order chi connectivity index (χ0) is 14.0. The van der Waals surface area contributed by atoms with Crippen molar-refractivity contribution in [1.29, 1.82) is 0 Å². The van der Waals surface area contributed by atoms with Crippen molar-refractivity contribution in [3.05, 3.63) is 67.9 Å². The van der Waals surface area contributed by atoms with Gasteiger partial charge < -0.3 is 5.32 Å². The maximum Gasteiger partial charge on any atom is 0.124 e. The summed E-state index contributed by atoms with van der Waals surface area (Å²) in [5, 5.41) is 4.33. The van der Waals surface area contributed by atoms with Crippen LogP contribution in [-0.4, -0.2) is 7.05 Å². The van der Waals surface area contributed by atoms with Crippen LogP contribution in [0.2, 0.25) is 10.0 Å². The molecule has 0 aliphatic carbocycles. The Hall–Kier alpha value is -0.610. The van der Waals surface area contributed by atoms with Crippen LogP contribution in [-0.2, 0) is 0 Å². The second kappa shape index (κ2) is 6.23. The lowest BCUT2D eigenvalue weighted by Gasteiger charge is -2.20. The summed E-state index contributed by atoms with van der Waals surface area (Å²) in [6.45, 7) is 0. The van der Waals surface area contributed by atoms with E-state index in [0.717, 1.165) is 11.1 Å². The summed E-state index contributed by atoms with van der Waals surface area (Å²) < 4.78 is 13.8. The van der Waals surface area contributed by atoms with E-state index in [1.165, 1.54) is 12.1 Å². The summed E-state index contributed by atoms with van der Waals surface area (Å²) in [6.07, 6.45) is 0. The van der Waals surface area contributed by atoms with Crippen molar-refractivity contribution in [2.24, 2.45) is 0 Å². The van der Waals surface area contributed by atoms with Gasteiger partial charge in [0.2, 0.25) is 0 Å². The maximum atomic E-state index is 13.2. The molecule has 5 heteroatoms. The molecule has 0 aliphatic rings. The van der Waals surface area contributed by atoms with Gasteiger partial charge in [-0.25, -0.2) is 4.39 Å². The number of rotatable bonds is 3. The molecule has 0 spiro atoms. The Morgan fingerprint density at radius 2 is 1.79 bits per heavy atom. The molecule has 0 heterocycles. The van der Waals surface area contributed by atoms with Gasteiger partial charge in [-0.2, -0.15) is 0 Å². The predicted octanol–water partition coefficient (Wildman–Crippen LogP) is 5.20. The zero-order valence-electron chi connectivity index (χ0n) is 10.1. The maximum absolute atomic E-state index is 13.2. The standard InChI is InChI=1S/C14H11BrCl2FN/c1-19-14(10-5-3-9(18)7-12(10)15)11-4-2-8(16)6-13(11)17/h2-7,14,19H,1H3. The van der Waals surface area contributed by atoms with Gasteiger partial charge in [-0.15, -0.1) is 0 Å². The molecule has 2 aromatic carbocycles. The van der Waals surface area contributed by atoms with Crippen molar-refractivity contribution in [3.63, 3.8) is 0 Å². The number of hydrogen-bond donors (Lipinski definition) is 1. The quantitative estimate of drug-likeness (QED) is 0.790. The number of nitrogens with one attached hydrogen (secondary N) is 1. The van der Waals surface area contributed by atoms with Gasteiger partial charge in [0.25, 0.3) is 0 Å². The van der Waals surface area contributed by atoms with Crippen LogP contribution in [0.25, 0.3) is 0 Å². The second-order valence-electron chi connectivity index (χ2n) is 4.05. The van der Waals surface area contributed by atoms with E-state index >= 15 is 0 Å². The third-order valence-electron chi connectivity index (χ3n) is 2.84. The first-order valence-corrected chi connectivity index (χ1v) is 7.15. The molecular formula is C14H11BrCl2FN. The Balaban J connectivity index is 2.50. The van der Waals surface area contributed by atoms with Gasteiger partial charge >= 0.3 is 0 Å². The van der Waals surface area contributed by atoms with Gasteiger partial charge in [0, 0.05) is 14.5 Å². The second-order valence-corrected chi connectivity index (χ2v) is 5.75. The molecule has 0 saturated carbocycles. The fraction of sp³-hybridized carbons (Fsp3) is 0.143. The molecule has 1 N–H and O–H groups in total. The third-order valence-corrected chi connectivity index (χ3v) is 4.08. The molecule has 1 atom stereocenters. The lowest BCUT2D eigenvalue weighted by atomic mass is 9.99. The molecule has 100 valence electrons. The summed E-state index contributed by atoms with van der Waals surface area (Å²) in [7, 11) is 1.82. The van der Waals surface area contributed by atoms with Gasteiger partial charge in [-0.05, 0) is 42.4 Å². The predicted molar refractivity (Wildman–Crippen MR) is 81.5 cm³/mol. The summed E-state index contributed by atoms with van der Waals surface area (Å²) in [6, 6.07) is 9.79. The largest absolute Gasteiger partial charge is 0.309 e. The van der Waals surface area contributed by atoms with Crippen LogP contribution < -0.4 is 5.32 Å². The SMILES string of the molecule is CNC(c1ccc(Cl)cc1Cl)c1ccc(F)cc1Br. The number of benzene rings is 2. The Labute approximate surface area is 129 Å².